The van der Waals surface area contributed by atoms with Gasteiger partial charge in [0.25, 0.3) is 10.0 Å². The Kier molecular flexibility index (Phi) is 12.1. The fraction of sp³-hybridized carbons (Fsp3) is 0.278. The van der Waals surface area contributed by atoms with Gasteiger partial charge in [0.1, 0.15) is 12.6 Å². The Balaban J connectivity index is 1.82. The van der Waals surface area contributed by atoms with Gasteiger partial charge in [-0.3, -0.25) is 13.9 Å². The summed E-state index contributed by atoms with van der Waals surface area (Å²) in [5, 5.41) is 3.42. The molecule has 0 saturated heterocycles. The molecule has 46 heavy (non-hydrogen) atoms. The number of nitrogens with zero attached hydrogens (tertiary/aromatic N) is 2. The fourth-order valence-electron chi connectivity index (χ4n) is 4.88. The van der Waals surface area contributed by atoms with E-state index in [0.29, 0.717) is 11.4 Å². The number of carbonyl (C=O) groups excluding carboxylic acids is 2. The molecule has 2 amide bonds. The molecular formula is C36H39BrClN3O4S. The third-order valence-electron chi connectivity index (χ3n) is 7.87. The summed E-state index contributed by atoms with van der Waals surface area (Å²) in [7, 11) is -4.21. The van der Waals surface area contributed by atoms with Crippen molar-refractivity contribution in [3.8, 4) is 0 Å². The van der Waals surface area contributed by atoms with Gasteiger partial charge < -0.3 is 10.2 Å². The molecule has 1 N–H and O–H groups in total. The molecule has 0 radical (unpaired) electrons. The van der Waals surface area contributed by atoms with Gasteiger partial charge in [-0.05, 0) is 80.3 Å². The maximum Gasteiger partial charge on any atom is 0.264 e. The number of benzene rings is 4. The highest BCUT2D eigenvalue weighted by Gasteiger charge is 2.35. The van der Waals surface area contributed by atoms with E-state index < -0.39 is 28.5 Å². The summed E-state index contributed by atoms with van der Waals surface area (Å²) in [5.41, 5.74) is 3.58. The minimum atomic E-state index is -4.21. The van der Waals surface area contributed by atoms with Crippen molar-refractivity contribution in [2.24, 2.45) is 0 Å². The van der Waals surface area contributed by atoms with Crippen LogP contribution in [0.4, 0.5) is 5.69 Å². The minimum Gasteiger partial charge on any atom is -0.352 e. The lowest BCUT2D eigenvalue weighted by molar-refractivity contribution is -0.140. The summed E-state index contributed by atoms with van der Waals surface area (Å²) in [5.74, 6) is -0.842. The number of rotatable bonds is 13. The van der Waals surface area contributed by atoms with Crippen LogP contribution in [0, 0.1) is 13.8 Å². The molecule has 4 aromatic carbocycles. The Morgan fingerprint density at radius 3 is 2.15 bits per heavy atom. The van der Waals surface area contributed by atoms with Crippen LogP contribution in [0.25, 0.3) is 0 Å². The first-order valence-electron chi connectivity index (χ1n) is 15.1. The standard InChI is InChI=1S/C36H39BrClN3O4S/c1-5-27(4)39-36(43)34(21-28-9-7-6-8-10-28)40(23-29-14-16-30(37)17-15-29)35(42)24-41(31-18-13-26(3)33(38)22-31)46(44,45)32-19-11-25(2)12-20-32/h6-20,22,27,34H,5,21,23-24H2,1-4H3,(H,39,43)/t27-,34+/m1/s1. The first-order chi connectivity index (χ1) is 21.9. The lowest BCUT2D eigenvalue weighted by Gasteiger charge is -2.34. The van der Waals surface area contributed by atoms with Crippen molar-refractivity contribution in [3.63, 3.8) is 0 Å². The van der Waals surface area contributed by atoms with Gasteiger partial charge in [-0.1, -0.05) is 101 Å². The summed E-state index contributed by atoms with van der Waals surface area (Å²) in [6.45, 7) is 7.12. The quantitative estimate of drug-likeness (QED) is 0.155. The van der Waals surface area contributed by atoms with Crippen LogP contribution >= 0.6 is 27.5 Å². The van der Waals surface area contributed by atoms with Gasteiger partial charge in [0.2, 0.25) is 11.8 Å². The van der Waals surface area contributed by atoms with Crippen molar-refractivity contribution in [2.75, 3.05) is 10.8 Å². The summed E-state index contributed by atoms with van der Waals surface area (Å²) >= 11 is 9.93. The second-order valence-electron chi connectivity index (χ2n) is 11.4. The molecule has 242 valence electrons. The zero-order chi connectivity index (χ0) is 33.4. The van der Waals surface area contributed by atoms with E-state index in [9.17, 15) is 18.0 Å². The lowest BCUT2D eigenvalue weighted by Crippen LogP contribution is -2.54. The Hall–Kier alpha value is -3.66. The molecule has 0 bridgehead atoms. The molecule has 2 atom stereocenters. The van der Waals surface area contributed by atoms with Crippen LogP contribution in [0.15, 0.2) is 106 Å². The second-order valence-corrected chi connectivity index (χ2v) is 14.6. The number of anilines is 1. The summed E-state index contributed by atoms with van der Waals surface area (Å²) in [4.78, 5) is 30.0. The van der Waals surface area contributed by atoms with Crippen molar-refractivity contribution in [1.82, 2.24) is 10.2 Å². The average Bonchev–Trinajstić information content (AvgIpc) is 3.04. The molecule has 0 aliphatic heterocycles. The van der Waals surface area contributed by atoms with Crippen molar-refractivity contribution < 1.29 is 18.0 Å². The molecule has 0 spiro atoms. The number of hydrogen-bond acceptors (Lipinski definition) is 4. The predicted octanol–water partition coefficient (Wildman–Crippen LogP) is 7.47. The summed E-state index contributed by atoms with van der Waals surface area (Å²) < 4.78 is 30.3. The smallest absolute Gasteiger partial charge is 0.264 e. The van der Waals surface area contributed by atoms with Crippen molar-refractivity contribution in [2.45, 2.75) is 64.1 Å². The molecule has 4 aromatic rings. The van der Waals surface area contributed by atoms with Gasteiger partial charge in [-0.15, -0.1) is 0 Å². The van der Waals surface area contributed by atoms with Crippen LogP contribution in [0.2, 0.25) is 5.02 Å². The van der Waals surface area contributed by atoms with Crippen molar-refractivity contribution in [1.29, 1.82) is 0 Å². The van der Waals surface area contributed by atoms with E-state index in [0.717, 1.165) is 31.0 Å². The molecule has 0 fully saturated rings. The number of aryl methyl sites for hydroxylation is 2. The zero-order valence-electron chi connectivity index (χ0n) is 26.4. The molecule has 4 rings (SSSR count). The van der Waals surface area contributed by atoms with Gasteiger partial charge >= 0.3 is 0 Å². The molecule has 0 aliphatic carbocycles. The summed E-state index contributed by atoms with van der Waals surface area (Å²) in [6, 6.07) is 27.3. The van der Waals surface area contributed by atoms with Gasteiger partial charge in [-0.25, -0.2) is 8.42 Å². The zero-order valence-corrected chi connectivity index (χ0v) is 29.6. The Labute approximate surface area is 285 Å². The van der Waals surface area contributed by atoms with Crippen LogP contribution in [-0.2, 0) is 32.6 Å². The topological polar surface area (TPSA) is 86.8 Å². The molecule has 0 heterocycles. The van der Waals surface area contributed by atoms with Gasteiger partial charge in [0.15, 0.2) is 0 Å². The molecule has 0 saturated carbocycles. The van der Waals surface area contributed by atoms with E-state index in [2.05, 4.69) is 21.2 Å². The number of hydrogen-bond donors (Lipinski definition) is 1. The number of amides is 2. The highest BCUT2D eigenvalue weighted by atomic mass is 79.9. The molecule has 0 unspecified atom stereocenters. The normalized spacial score (nSPS) is 12.7. The molecular weight excluding hydrogens is 686 g/mol. The van der Waals surface area contributed by atoms with Crippen LogP contribution < -0.4 is 9.62 Å². The van der Waals surface area contributed by atoms with Crippen LogP contribution in [0.5, 0.6) is 0 Å². The third kappa shape index (κ3) is 8.99. The maximum absolute atomic E-state index is 14.6. The fourth-order valence-corrected chi connectivity index (χ4v) is 6.73. The van der Waals surface area contributed by atoms with Crippen molar-refractivity contribution in [3.05, 3.63) is 129 Å². The van der Waals surface area contributed by atoms with E-state index >= 15 is 0 Å². The van der Waals surface area contributed by atoms with Gasteiger partial charge in [0, 0.05) is 28.5 Å². The van der Waals surface area contributed by atoms with Crippen LogP contribution in [-0.4, -0.2) is 43.8 Å². The Bertz CT molecular complexity index is 1750. The molecule has 0 aliphatic rings. The Morgan fingerprint density at radius 1 is 0.891 bits per heavy atom. The maximum atomic E-state index is 14.6. The monoisotopic (exact) mass is 723 g/mol. The highest BCUT2D eigenvalue weighted by molar-refractivity contribution is 9.10. The lowest BCUT2D eigenvalue weighted by atomic mass is 10.0. The number of halogens is 2. The largest absolute Gasteiger partial charge is 0.352 e. The molecule has 0 aromatic heterocycles. The predicted molar refractivity (Wildman–Crippen MR) is 188 cm³/mol. The molecule has 7 nitrogen and oxygen atoms in total. The van der Waals surface area contributed by atoms with E-state index in [1.165, 1.54) is 17.0 Å². The van der Waals surface area contributed by atoms with Crippen LogP contribution in [0.3, 0.4) is 0 Å². The first-order valence-corrected chi connectivity index (χ1v) is 17.7. The second kappa shape index (κ2) is 15.8. The number of carbonyl (C=O) groups is 2. The Morgan fingerprint density at radius 2 is 1.54 bits per heavy atom. The minimum absolute atomic E-state index is 0.0393. The number of nitrogens with one attached hydrogen (secondary N) is 1. The highest BCUT2D eigenvalue weighted by Crippen LogP contribution is 2.29. The third-order valence-corrected chi connectivity index (χ3v) is 10.6. The molecule has 10 heteroatoms. The van der Waals surface area contributed by atoms with E-state index in [1.54, 1.807) is 30.3 Å². The number of sulfonamides is 1. The van der Waals surface area contributed by atoms with Gasteiger partial charge in [0.05, 0.1) is 10.6 Å². The van der Waals surface area contributed by atoms with E-state index in [4.69, 9.17) is 11.6 Å². The van der Waals surface area contributed by atoms with Crippen molar-refractivity contribution >= 4 is 55.1 Å². The first kappa shape index (κ1) is 35.2. The van der Waals surface area contributed by atoms with E-state index in [-0.39, 0.29) is 35.5 Å². The van der Waals surface area contributed by atoms with E-state index in [1.807, 2.05) is 82.3 Å². The summed E-state index contributed by atoms with van der Waals surface area (Å²) in [6.07, 6.45) is 0.952. The SMILES string of the molecule is CC[C@@H](C)NC(=O)[C@H](Cc1ccccc1)N(Cc1ccc(Br)cc1)C(=O)CN(c1ccc(C)c(Cl)c1)S(=O)(=O)c1ccc(C)cc1. The van der Waals surface area contributed by atoms with Gasteiger partial charge in [-0.2, -0.15) is 0 Å². The average molecular weight is 725 g/mol. The van der Waals surface area contributed by atoms with Crippen LogP contribution in [0.1, 0.15) is 42.5 Å².